The zero-order valence-electron chi connectivity index (χ0n) is 11.8. The van der Waals surface area contributed by atoms with E-state index in [9.17, 15) is 4.79 Å². The molecule has 1 heterocycles. The normalized spacial score (nSPS) is 16.9. The zero-order valence-corrected chi connectivity index (χ0v) is 11.8. The third kappa shape index (κ3) is 2.16. The zero-order chi connectivity index (χ0) is 14.1. The monoisotopic (exact) mass is 266 g/mol. The summed E-state index contributed by atoms with van der Waals surface area (Å²) in [5.41, 5.74) is 4.20. The number of hydrogen-bond acceptors (Lipinski definition) is 1. The molecule has 20 heavy (non-hydrogen) atoms. The lowest BCUT2D eigenvalue weighted by molar-refractivity contribution is 0.256. The maximum Gasteiger partial charge on any atom is 0.326 e. The quantitative estimate of drug-likeness (QED) is 0.832. The molecule has 3 nitrogen and oxygen atoms in total. The maximum atomic E-state index is 12.6. The lowest BCUT2D eigenvalue weighted by Crippen LogP contribution is -2.39. The van der Waals surface area contributed by atoms with Gasteiger partial charge in [0.15, 0.2) is 0 Å². The van der Waals surface area contributed by atoms with Crippen LogP contribution in [0.15, 0.2) is 48.5 Å². The number of carbonyl (C=O) groups excluding carboxylic acids is 1. The van der Waals surface area contributed by atoms with Gasteiger partial charge in [0.05, 0.1) is 0 Å². The van der Waals surface area contributed by atoms with E-state index < -0.39 is 0 Å². The van der Waals surface area contributed by atoms with Crippen LogP contribution in [0.5, 0.6) is 0 Å². The number of anilines is 2. The van der Waals surface area contributed by atoms with Gasteiger partial charge >= 0.3 is 6.03 Å². The smallest absolute Gasteiger partial charge is 0.307 e. The van der Waals surface area contributed by atoms with Crippen LogP contribution >= 0.6 is 0 Å². The molecule has 1 unspecified atom stereocenters. The molecular formula is C17H18N2O. The molecule has 3 rings (SSSR count). The molecule has 0 spiro atoms. The van der Waals surface area contributed by atoms with Crippen molar-refractivity contribution in [2.24, 2.45) is 0 Å². The minimum atomic E-state index is -0.0586. The van der Waals surface area contributed by atoms with Gasteiger partial charge in [-0.15, -0.1) is 0 Å². The largest absolute Gasteiger partial charge is 0.326 e. The lowest BCUT2D eigenvalue weighted by atomic mass is 10.1. The summed E-state index contributed by atoms with van der Waals surface area (Å²) in [6.07, 6.45) is 0.914. The van der Waals surface area contributed by atoms with Gasteiger partial charge < -0.3 is 5.32 Å². The van der Waals surface area contributed by atoms with Crippen molar-refractivity contribution in [3.05, 3.63) is 59.7 Å². The number of benzene rings is 2. The van der Waals surface area contributed by atoms with Gasteiger partial charge in [0.2, 0.25) is 0 Å². The van der Waals surface area contributed by atoms with Gasteiger partial charge in [-0.1, -0.05) is 36.4 Å². The van der Waals surface area contributed by atoms with Crippen molar-refractivity contribution in [2.75, 3.05) is 10.2 Å². The first-order valence-corrected chi connectivity index (χ1v) is 6.90. The Hall–Kier alpha value is -2.29. The highest BCUT2D eigenvalue weighted by atomic mass is 16.2. The van der Waals surface area contributed by atoms with E-state index >= 15 is 0 Å². The van der Waals surface area contributed by atoms with Crippen LogP contribution in [0.2, 0.25) is 0 Å². The van der Waals surface area contributed by atoms with E-state index in [1.165, 1.54) is 5.56 Å². The van der Waals surface area contributed by atoms with Gasteiger partial charge in [-0.3, -0.25) is 4.90 Å². The van der Waals surface area contributed by atoms with Crippen molar-refractivity contribution in [2.45, 2.75) is 26.3 Å². The van der Waals surface area contributed by atoms with E-state index in [-0.39, 0.29) is 12.1 Å². The first-order chi connectivity index (χ1) is 9.66. The second-order valence-electron chi connectivity index (χ2n) is 5.30. The molecule has 0 saturated heterocycles. The lowest BCUT2D eigenvalue weighted by Gasteiger charge is -2.23. The number of rotatable bonds is 1. The second kappa shape index (κ2) is 5.00. The highest BCUT2D eigenvalue weighted by molar-refractivity contribution is 6.04. The van der Waals surface area contributed by atoms with E-state index in [2.05, 4.69) is 18.3 Å². The van der Waals surface area contributed by atoms with Crippen LogP contribution in [0.25, 0.3) is 0 Å². The average Bonchev–Trinajstić information content (AvgIpc) is 2.77. The summed E-state index contributed by atoms with van der Waals surface area (Å²) < 4.78 is 0. The third-order valence-corrected chi connectivity index (χ3v) is 3.81. The van der Waals surface area contributed by atoms with E-state index in [4.69, 9.17) is 0 Å². The van der Waals surface area contributed by atoms with Crippen LogP contribution in [-0.4, -0.2) is 12.1 Å². The summed E-state index contributed by atoms with van der Waals surface area (Å²) in [5, 5.41) is 3.01. The van der Waals surface area contributed by atoms with Crippen molar-refractivity contribution in [3.63, 3.8) is 0 Å². The highest BCUT2D eigenvalue weighted by Crippen LogP contribution is 2.32. The minimum Gasteiger partial charge on any atom is -0.307 e. The predicted molar refractivity (Wildman–Crippen MR) is 82.3 cm³/mol. The van der Waals surface area contributed by atoms with Gasteiger partial charge in [0.25, 0.3) is 0 Å². The molecular weight excluding hydrogens is 248 g/mol. The fourth-order valence-corrected chi connectivity index (χ4v) is 2.76. The molecule has 2 aromatic carbocycles. The number of hydrogen-bond donors (Lipinski definition) is 1. The standard InChI is InChI=1S/C17H18N2O/c1-12-7-3-5-9-15(12)18-17(20)19-13(2)11-14-8-4-6-10-16(14)19/h3-10,13H,11H2,1-2H3,(H,18,20). The first kappa shape index (κ1) is 12.7. The van der Waals surface area contributed by atoms with Crippen molar-refractivity contribution in [1.82, 2.24) is 0 Å². The molecule has 1 aliphatic heterocycles. The number of nitrogens with zero attached hydrogens (tertiary/aromatic N) is 1. The Morgan fingerprint density at radius 1 is 1.15 bits per heavy atom. The van der Waals surface area contributed by atoms with E-state index in [0.29, 0.717) is 0 Å². The van der Waals surface area contributed by atoms with E-state index in [0.717, 1.165) is 23.4 Å². The summed E-state index contributed by atoms with van der Waals surface area (Å²) in [6.45, 7) is 4.08. The number of urea groups is 1. The van der Waals surface area contributed by atoms with Gasteiger partial charge in [0.1, 0.15) is 0 Å². The Labute approximate surface area is 119 Å². The van der Waals surface area contributed by atoms with Crippen LogP contribution in [0, 0.1) is 6.92 Å². The summed E-state index contributed by atoms with van der Waals surface area (Å²) in [4.78, 5) is 14.4. The SMILES string of the molecule is Cc1ccccc1NC(=O)N1c2ccccc2CC1C. The Kier molecular flexibility index (Phi) is 3.18. The van der Waals surface area contributed by atoms with Crippen molar-refractivity contribution in [1.29, 1.82) is 0 Å². The Morgan fingerprint density at radius 2 is 1.85 bits per heavy atom. The number of aryl methyl sites for hydroxylation is 1. The molecule has 2 aromatic rings. The van der Waals surface area contributed by atoms with Gasteiger partial charge in [-0.2, -0.15) is 0 Å². The van der Waals surface area contributed by atoms with Crippen LogP contribution in [0.4, 0.5) is 16.2 Å². The molecule has 0 aliphatic carbocycles. The minimum absolute atomic E-state index is 0.0586. The van der Waals surface area contributed by atoms with E-state index in [1.807, 2.05) is 54.3 Å². The topological polar surface area (TPSA) is 32.3 Å². The fraction of sp³-hybridized carbons (Fsp3) is 0.235. The molecule has 3 heteroatoms. The molecule has 1 N–H and O–H groups in total. The van der Waals surface area contributed by atoms with Gasteiger partial charge in [-0.25, -0.2) is 4.79 Å². The molecule has 0 aromatic heterocycles. The van der Waals surface area contributed by atoms with Crippen molar-refractivity contribution >= 4 is 17.4 Å². The molecule has 1 aliphatic rings. The van der Waals surface area contributed by atoms with Crippen LogP contribution < -0.4 is 10.2 Å². The van der Waals surface area contributed by atoms with Gasteiger partial charge in [-0.05, 0) is 43.5 Å². The number of fused-ring (bicyclic) bond motifs is 1. The molecule has 1 atom stereocenters. The number of nitrogens with one attached hydrogen (secondary N) is 1. The van der Waals surface area contributed by atoms with Crippen molar-refractivity contribution in [3.8, 4) is 0 Å². The fourth-order valence-electron chi connectivity index (χ4n) is 2.76. The average molecular weight is 266 g/mol. The van der Waals surface area contributed by atoms with Gasteiger partial charge in [0, 0.05) is 17.4 Å². The first-order valence-electron chi connectivity index (χ1n) is 6.90. The molecule has 102 valence electrons. The summed E-state index contributed by atoms with van der Waals surface area (Å²) >= 11 is 0. The Balaban J connectivity index is 1.86. The summed E-state index contributed by atoms with van der Waals surface area (Å²) in [6, 6.07) is 16.1. The molecule has 0 saturated carbocycles. The predicted octanol–water partition coefficient (Wildman–Crippen LogP) is 3.98. The molecule has 0 bridgehead atoms. The maximum absolute atomic E-state index is 12.6. The molecule has 0 fully saturated rings. The van der Waals surface area contributed by atoms with Crippen LogP contribution in [0.1, 0.15) is 18.1 Å². The summed E-state index contributed by atoms with van der Waals surface area (Å²) in [7, 11) is 0. The second-order valence-corrected chi connectivity index (χ2v) is 5.30. The number of amides is 2. The van der Waals surface area contributed by atoms with Crippen LogP contribution in [0.3, 0.4) is 0 Å². The third-order valence-electron chi connectivity index (χ3n) is 3.81. The Bertz CT molecular complexity index is 651. The van der Waals surface area contributed by atoms with Crippen molar-refractivity contribution < 1.29 is 4.79 Å². The Morgan fingerprint density at radius 3 is 2.65 bits per heavy atom. The number of carbonyl (C=O) groups is 1. The molecule has 0 radical (unpaired) electrons. The summed E-state index contributed by atoms with van der Waals surface area (Å²) in [5.74, 6) is 0. The number of para-hydroxylation sites is 2. The highest BCUT2D eigenvalue weighted by Gasteiger charge is 2.30. The van der Waals surface area contributed by atoms with Crippen LogP contribution in [-0.2, 0) is 6.42 Å². The van der Waals surface area contributed by atoms with E-state index in [1.54, 1.807) is 0 Å². The molecule has 2 amide bonds.